The molecule has 2 aromatic rings. The Balaban J connectivity index is 0.00000242. The highest BCUT2D eigenvalue weighted by atomic mass is 35.5. The van der Waals surface area contributed by atoms with Crippen molar-refractivity contribution in [3.05, 3.63) is 55.2 Å². The molecule has 0 saturated heterocycles. The van der Waals surface area contributed by atoms with Crippen molar-refractivity contribution >= 4 is 46.7 Å². The molecule has 0 bridgehead atoms. The maximum absolute atomic E-state index is 10.6. The van der Waals surface area contributed by atoms with Crippen molar-refractivity contribution in [1.29, 1.82) is 0 Å². The number of non-ortho nitro benzene ring substituents is 1. The smallest absolute Gasteiger partial charge is 0.271 e. The van der Waals surface area contributed by atoms with Crippen LogP contribution in [0, 0.1) is 17.0 Å². The van der Waals surface area contributed by atoms with Gasteiger partial charge >= 0.3 is 0 Å². The van der Waals surface area contributed by atoms with Gasteiger partial charge in [-0.1, -0.05) is 11.6 Å². The van der Waals surface area contributed by atoms with Gasteiger partial charge in [-0.3, -0.25) is 10.1 Å². The summed E-state index contributed by atoms with van der Waals surface area (Å²) < 4.78 is 0. The largest absolute Gasteiger partial charge is 0.383 e. The van der Waals surface area contributed by atoms with Gasteiger partial charge in [-0.2, -0.15) is 0 Å². The number of benzene rings is 1. The first-order valence-electron chi connectivity index (χ1n) is 6.49. The van der Waals surface area contributed by atoms with Crippen LogP contribution in [0.3, 0.4) is 0 Å². The summed E-state index contributed by atoms with van der Waals surface area (Å²) in [6.07, 6.45) is 0. The van der Waals surface area contributed by atoms with Gasteiger partial charge in [0.2, 0.25) is 0 Å². The molecule has 1 aromatic carbocycles. The lowest BCUT2D eigenvalue weighted by Crippen LogP contribution is -2.21. The van der Waals surface area contributed by atoms with Crippen LogP contribution < -0.4 is 10.6 Å². The Morgan fingerprint density at radius 1 is 1.32 bits per heavy atom. The van der Waals surface area contributed by atoms with Crippen LogP contribution >= 0.6 is 35.3 Å². The number of nitrogens with zero attached hydrogens (tertiary/aromatic N) is 1. The molecule has 0 unspecified atom stereocenters. The number of aryl methyl sites for hydroxylation is 1. The van der Waals surface area contributed by atoms with Crippen molar-refractivity contribution < 1.29 is 4.92 Å². The second-order valence-electron chi connectivity index (χ2n) is 4.55. The zero-order valence-electron chi connectivity index (χ0n) is 12.0. The average Bonchev–Trinajstić information content (AvgIpc) is 2.85. The maximum atomic E-state index is 10.6. The number of anilines is 1. The minimum absolute atomic E-state index is 0. The predicted octanol–water partition coefficient (Wildman–Crippen LogP) is 4.24. The number of hydrogen-bond acceptors (Lipinski definition) is 5. The summed E-state index contributed by atoms with van der Waals surface area (Å²) in [6, 6.07) is 6.53. The number of nitro benzene ring substituents is 1. The molecule has 22 heavy (non-hydrogen) atoms. The van der Waals surface area contributed by atoms with Gasteiger partial charge in [0.05, 0.1) is 15.6 Å². The molecule has 0 saturated carbocycles. The van der Waals surface area contributed by atoms with E-state index in [0.29, 0.717) is 17.3 Å². The van der Waals surface area contributed by atoms with Crippen LogP contribution in [0.4, 0.5) is 11.4 Å². The zero-order chi connectivity index (χ0) is 15.2. The summed E-state index contributed by atoms with van der Waals surface area (Å²) in [6.45, 7) is 4.42. The number of nitro groups is 1. The molecule has 0 amide bonds. The number of rotatable bonds is 7. The second-order valence-corrected chi connectivity index (χ2v) is 5.96. The number of hydrogen-bond donors (Lipinski definition) is 2. The van der Waals surface area contributed by atoms with Crippen LogP contribution in [0.25, 0.3) is 0 Å². The van der Waals surface area contributed by atoms with E-state index in [1.807, 2.05) is 0 Å². The zero-order valence-corrected chi connectivity index (χ0v) is 14.4. The van der Waals surface area contributed by atoms with E-state index in [4.69, 9.17) is 11.6 Å². The van der Waals surface area contributed by atoms with Gasteiger partial charge in [-0.25, -0.2) is 0 Å². The van der Waals surface area contributed by atoms with Crippen molar-refractivity contribution in [3.8, 4) is 0 Å². The van der Waals surface area contributed by atoms with Crippen LogP contribution in [0.15, 0.2) is 29.6 Å². The topological polar surface area (TPSA) is 67.2 Å². The molecule has 120 valence electrons. The summed E-state index contributed by atoms with van der Waals surface area (Å²) in [7, 11) is 0. The lowest BCUT2D eigenvalue weighted by atomic mass is 10.3. The molecule has 1 aromatic heterocycles. The Bertz CT molecular complexity index is 634. The third-order valence-corrected chi connectivity index (χ3v) is 4.37. The molecule has 0 fully saturated rings. The average molecular weight is 362 g/mol. The van der Waals surface area contributed by atoms with Crippen LogP contribution in [-0.2, 0) is 6.54 Å². The molecule has 2 N–H and O–H groups in total. The molecule has 0 aliphatic heterocycles. The minimum Gasteiger partial charge on any atom is -0.383 e. The van der Waals surface area contributed by atoms with Gasteiger partial charge < -0.3 is 10.6 Å². The Kier molecular flexibility index (Phi) is 7.61. The lowest BCUT2D eigenvalue weighted by molar-refractivity contribution is -0.384. The van der Waals surface area contributed by atoms with E-state index in [2.05, 4.69) is 29.0 Å². The Hall–Kier alpha value is -1.34. The third-order valence-electron chi connectivity index (χ3n) is 3.03. The standard InChI is InChI=1S/C14H16ClN3O2S.ClH/c1-10-4-7-21-14(10)9-16-5-6-17-13-3-2-11(18(19)20)8-12(13)15;/h2-4,7-8,16-17H,5-6,9H2,1H3;1H. The molecule has 0 spiro atoms. The van der Waals surface area contributed by atoms with Gasteiger partial charge in [-0.05, 0) is 30.0 Å². The summed E-state index contributed by atoms with van der Waals surface area (Å²) in [5.74, 6) is 0. The van der Waals surface area contributed by atoms with Crippen molar-refractivity contribution in [2.75, 3.05) is 18.4 Å². The molecule has 0 atom stereocenters. The lowest BCUT2D eigenvalue weighted by Gasteiger charge is -2.09. The molecular weight excluding hydrogens is 345 g/mol. The molecule has 1 heterocycles. The quantitative estimate of drug-likeness (QED) is 0.439. The van der Waals surface area contributed by atoms with Gasteiger partial charge in [0.15, 0.2) is 0 Å². The molecule has 0 aliphatic rings. The molecule has 2 rings (SSSR count). The molecule has 0 aliphatic carbocycles. The fourth-order valence-electron chi connectivity index (χ4n) is 1.83. The SMILES string of the molecule is Cc1ccsc1CNCCNc1ccc([N+](=O)[O-])cc1Cl.Cl. The van der Waals surface area contributed by atoms with E-state index in [-0.39, 0.29) is 18.1 Å². The van der Waals surface area contributed by atoms with Gasteiger partial charge in [-0.15, -0.1) is 23.7 Å². The monoisotopic (exact) mass is 361 g/mol. The highest BCUT2D eigenvalue weighted by Crippen LogP contribution is 2.26. The third kappa shape index (κ3) is 5.14. The highest BCUT2D eigenvalue weighted by Gasteiger charge is 2.08. The minimum atomic E-state index is -0.458. The Morgan fingerprint density at radius 3 is 2.68 bits per heavy atom. The predicted molar refractivity (Wildman–Crippen MR) is 94.6 cm³/mol. The summed E-state index contributed by atoms with van der Waals surface area (Å²) >= 11 is 7.75. The first-order valence-corrected chi connectivity index (χ1v) is 7.75. The van der Waals surface area contributed by atoms with E-state index >= 15 is 0 Å². The van der Waals surface area contributed by atoms with Gasteiger partial charge in [0.25, 0.3) is 5.69 Å². The maximum Gasteiger partial charge on any atom is 0.271 e. The normalized spacial score (nSPS) is 10.1. The van der Waals surface area contributed by atoms with E-state index in [9.17, 15) is 10.1 Å². The van der Waals surface area contributed by atoms with E-state index in [1.54, 1.807) is 17.4 Å². The Morgan fingerprint density at radius 2 is 2.09 bits per heavy atom. The number of halogens is 2. The highest BCUT2D eigenvalue weighted by molar-refractivity contribution is 7.10. The van der Waals surface area contributed by atoms with Crippen molar-refractivity contribution in [3.63, 3.8) is 0 Å². The summed E-state index contributed by atoms with van der Waals surface area (Å²) in [4.78, 5) is 11.5. The molecular formula is C14H17Cl2N3O2S. The van der Waals surface area contributed by atoms with Crippen molar-refractivity contribution in [2.45, 2.75) is 13.5 Å². The van der Waals surface area contributed by atoms with E-state index in [0.717, 1.165) is 13.1 Å². The number of thiophene rings is 1. The second kappa shape index (κ2) is 8.95. The molecule has 8 heteroatoms. The van der Waals surface area contributed by atoms with Crippen LogP contribution in [-0.4, -0.2) is 18.0 Å². The first-order chi connectivity index (χ1) is 10.1. The van der Waals surface area contributed by atoms with Gasteiger partial charge in [0.1, 0.15) is 0 Å². The van der Waals surface area contributed by atoms with Crippen LogP contribution in [0.2, 0.25) is 5.02 Å². The fourth-order valence-corrected chi connectivity index (χ4v) is 2.95. The van der Waals surface area contributed by atoms with E-state index in [1.165, 1.54) is 22.6 Å². The fraction of sp³-hybridized carbons (Fsp3) is 0.286. The van der Waals surface area contributed by atoms with Gasteiger partial charge in [0, 0.05) is 36.6 Å². The van der Waals surface area contributed by atoms with E-state index < -0.39 is 4.92 Å². The van der Waals surface area contributed by atoms with Crippen LogP contribution in [0.5, 0.6) is 0 Å². The summed E-state index contributed by atoms with van der Waals surface area (Å²) in [5.41, 5.74) is 2.01. The molecule has 5 nitrogen and oxygen atoms in total. The Labute approximate surface area is 144 Å². The molecule has 0 radical (unpaired) electrons. The van der Waals surface area contributed by atoms with Crippen molar-refractivity contribution in [2.24, 2.45) is 0 Å². The van der Waals surface area contributed by atoms with Crippen molar-refractivity contribution in [1.82, 2.24) is 5.32 Å². The number of nitrogens with one attached hydrogen (secondary N) is 2. The van der Waals surface area contributed by atoms with Crippen LogP contribution in [0.1, 0.15) is 10.4 Å². The summed E-state index contributed by atoms with van der Waals surface area (Å²) in [5, 5.41) is 19.6. The first kappa shape index (κ1) is 18.7.